The largest absolute Gasteiger partial charge is 0.390 e. The first-order chi connectivity index (χ1) is 14.5. The average molecular weight is 409 g/mol. The summed E-state index contributed by atoms with van der Waals surface area (Å²) in [5, 5.41) is 21.8. The summed E-state index contributed by atoms with van der Waals surface area (Å²) in [6, 6.07) is 20.3. The van der Waals surface area contributed by atoms with Gasteiger partial charge in [-0.2, -0.15) is 0 Å². The maximum absolute atomic E-state index is 12.8. The van der Waals surface area contributed by atoms with E-state index >= 15 is 0 Å². The number of β-amino-alcohol motifs (C(OH)–C–C–N with tert-alkyl or cyclic N) is 1. The Hall–Kier alpha value is -2.21. The van der Waals surface area contributed by atoms with E-state index in [1.807, 2.05) is 36.4 Å². The van der Waals surface area contributed by atoms with Gasteiger partial charge < -0.3 is 20.0 Å². The van der Waals surface area contributed by atoms with Gasteiger partial charge in [0.25, 0.3) is 0 Å². The van der Waals surface area contributed by atoms with Crippen molar-refractivity contribution in [2.45, 2.75) is 43.3 Å². The number of hydrogen-bond donors (Lipinski definition) is 2. The molecule has 2 N–H and O–H groups in total. The molecule has 2 heterocycles. The standard InChI is InChI=1S/C25H32N2O3/c28-23-13-16-27(24(29)17-20-7-3-1-4-8-20)19-25(23,30)18-26-14-11-22(12-15-26)21-9-5-2-6-10-21/h1-10,22-23,28,30H,11-19H2/t23-,25+/m0/s1. The van der Waals surface area contributed by atoms with E-state index in [9.17, 15) is 15.0 Å². The molecule has 5 heteroatoms. The molecule has 2 aromatic rings. The number of nitrogens with zero attached hydrogens (tertiary/aromatic N) is 2. The molecule has 30 heavy (non-hydrogen) atoms. The van der Waals surface area contributed by atoms with Gasteiger partial charge in [0.05, 0.1) is 19.1 Å². The Bertz CT molecular complexity index is 821. The molecule has 2 aliphatic heterocycles. The van der Waals surface area contributed by atoms with E-state index in [4.69, 9.17) is 0 Å². The summed E-state index contributed by atoms with van der Waals surface area (Å²) in [5.74, 6) is 0.562. The summed E-state index contributed by atoms with van der Waals surface area (Å²) < 4.78 is 0. The van der Waals surface area contributed by atoms with Crippen LogP contribution < -0.4 is 0 Å². The Balaban J connectivity index is 1.34. The van der Waals surface area contributed by atoms with Crippen molar-refractivity contribution in [2.24, 2.45) is 0 Å². The molecule has 0 radical (unpaired) electrons. The van der Waals surface area contributed by atoms with Crippen LogP contribution in [-0.2, 0) is 11.2 Å². The normalized spacial score (nSPS) is 25.9. The highest BCUT2D eigenvalue weighted by Crippen LogP contribution is 2.30. The monoisotopic (exact) mass is 408 g/mol. The Morgan fingerprint density at radius 2 is 1.57 bits per heavy atom. The van der Waals surface area contributed by atoms with Crippen LogP contribution in [0.4, 0.5) is 0 Å². The van der Waals surface area contributed by atoms with Gasteiger partial charge in [-0.25, -0.2) is 0 Å². The molecule has 2 atom stereocenters. The Kier molecular flexibility index (Phi) is 6.52. The van der Waals surface area contributed by atoms with Gasteiger partial charge in [0.2, 0.25) is 5.91 Å². The number of amides is 1. The summed E-state index contributed by atoms with van der Waals surface area (Å²) in [6.07, 6.45) is 2.04. The number of aliphatic hydroxyl groups excluding tert-OH is 1. The van der Waals surface area contributed by atoms with E-state index in [0.717, 1.165) is 31.5 Å². The summed E-state index contributed by atoms with van der Waals surface area (Å²) in [5.41, 5.74) is 1.08. The summed E-state index contributed by atoms with van der Waals surface area (Å²) in [7, 11) is 0. The van der Waals surface area contributed by atoms with Crippen molar-refractivity contribution in [2.75, 3.05) is 32.7 Å². The smallest absolute Gasteiger partial charge is 0.227 e. The lowest BCUT2D eigenvalue weighted by Gasteiger charge is -2.46. The second-order valence-electron chi connectivity index (χ2n) is 8.85. The molecule has 4 rings (SSSR count). The number of carbonyl (C=O) groups excluding carboxylic acids is 1. The van der Waals surface area contributed by atoms with E-state index in [2.05, 4.69) is 29.2 Å². The highest BCUT2D eigenvalue weighted by molar-refractivity contribution is 5.79. The Labute approximate surface area is 178 Å². The molecule has 2 aliphatic rings. The van der Waals surface area contributed by atoms with Crippen molar-refractivity contribution in [1.29, 1.82) is 0 Å². The number of piperidine rings is 2. The van der Waals surface area contributed by atoms with E-state index < -0.39 is 11.7 Å². The zero-order chi connectivity index (χ0) is 21.0. The van der Waals surface area contributed by atoms with Crippen LogP contribution in [0.2, 0.25) is 0 Å². The lowest BCUT2D eigenvalue weighted by molar-refractivity contribution is -0.156. The Morgan fingerprint density at radius 3 is 2.23 bits per heavy atom. The fourth-order valence-corrected chi connectivity index (χ4v) is 4.85. The molecule has 2 saturated heterocycles. The molecule has 160 valence electrons. The van der Waals surface area contributed by atoms with Gasteiger partial charge in [0.15, 0.2) is 0 Å². The van der Waals surface area contributed by atoms with E-state index in [-0.39, 0.29) is 12.5 Å². The average Bonchev–Trinajstić information content (AvgIpc) is 2.77. The summed E-state index contributed by atoms with van der Waals surface area (Å²) in [6.45, 7) is 2.88. The van der Waals surface area contributed by atoms with Gasteiger partial charge in [-0.15, -0.1) is 0 Å². The van der Waals surface area contributed by atoms with Gasteiger partial charge in [-0.3, -0.25) is 4.79 Å². The van der Waals surface area contributed by atoms with E-state index in [1.54, 1.807) is 4.90 Å². The molecular weight excluding hydrogens is 376 g/mol. The topological polar surface area (TPSA) is 64.0 Å². The van der Waals surface area contributed by atoms with Crippen molar-refractivity contribution in [1.82, 2.24) is 9.80 Å². The first-order valence-corrected chi connectivity index (χ1v) is 11.0. The van der Waals surface area contributed by atoms with Crippen LogP contribution >= 0.6 is 0 Å². The van der Waals surface area contributed by atoms with Crippen molar-refractivity contribution in [3.8, 4) is 0 Å². The van der Waals surface area contributed by atoms with Crippen molar-refractivity contribution < 1.29 is 15.0 Å². The van der Waals surface area contributed by atoms with Crippen molar-refractivity contribution >= 4 is 5.91 Å². The summed E-state index contributed by atoms with van der Waals surface area (Å²) >= 11 is 0. The van der Waals surface area contributed by atoms with Crippen LogP contribution in [0, 0.1) is 0 Å². The van der Waals surface area contributed by atoms with Crippen LogP contribution in [0.1, 0.15) is 36.3 Å². The van der Waals surface area contributed by atoms with E-state index in [0.29, 0.717) is 31.8 Å². The highest BCUT2D eigenvalue weighted by atomic mass is 16.3. The molecule has 5 nitrogen and oxygen atoms in total. The third-order valence-corrected chi connectivity index (χ3v) is 6.66. The zero-order valence-corrected chi connectivity index (χ0v) is 17.5. The molecule has 0 bridgehead atoms. The number of aliphatic hydroxyl groups is 2. The predicted molar refractivity (Wildman–Crippen MR) is 117 cm³/mol. The molecule has 0 aromatic heterocycles. The molecule has 0 unspecified atom stereocenters. The number of hydrogen-bond acceptors (Lipinski definition) is 4. The van der Waals surface area contributed by atoms with Crippen LogP contribution in [0.3, 0.4) is 0 Å². The minimum atomic E-state index is -1.27. The van der Waals surface area contributed by atoms with Gasteiger partial charge in [0, 0.05) is 13.1 Å². The first-order valence-electron chi connectivity index (χ1n) is 11.0. The zero-order valence-electron chi connectivity index (χ0n) is 17.5. The van der Waals surface area contributed by atoms with Gasteiger partial charge in [-0.1, -0.05) is 60.7 Å². The van der Waals surface area contributed by atoms with Crippen LogP contribution in [-0.4, -0.2) is 70.3 Å². The molecule has 0 aliphatic carbocycles. The van der Waals surface area contributed by atoms with Crippen LogP contribution in [0.15, 0.2) is 60.7 Å². The minimum Gasteiger partial charge on any atom is -0.390 e. The third-order valence-electron chi connectivity index (χ3n) is 6.66. The molecule has 2 aromatic carbocycles. The lowest BCUT2D eigenvalue weighted by Crippen LogP contribution is -2.63. The Morgan fingerprint density at radius 1 is 0.933 bits per heavy atom. The first kappa shape index (κ1) is 21.0. The number of carbonyl (C=O) groups is 1. The fraction of sp³-hybridized carbons (Fsp3) is 0.480. The molecule has 0 saturated carbocycles. The second kappa shape index (κ2) is 9.29. The van der Waals surface area contributed by atoms with Crippen LogP contribution in [0.5, 0.6) is 0 Å². The van der Waals surface area contributed by atoms with Crippen molar-refractivity contribution in [3.05, 3.63) is 71.8 Å². The second-order valence-corrected chi connectivity index (χ2v) is 8.85. The van der Waals surface area contributed by atoms with Gasteiger partial charge >= 0.3 is 0 Å². The molecule has 1 amide bonds. The SMILES string of the molecule is O=C(Cc1ccccc1)N1CC[C@H](O)[C@@](O)(CN2CCC(c3ccccc3)CC2)C1. The summed E-state index contributed by atoms with van der Waals surface area (Å²) in [4.78, 5) is 16.7. The van der Waals surface area contributed by atoms with Crippen molar-refractivity contribution in [3.63, 3.8) is 0 Å². The lowest BCUT2D eigenvalue weighted by atomic mass is 9.86. The van der Waals surface area contributed by atoms with Gasteiger partial charge in [-0.05, 0) is 49.4 Å². The van der Waals surface area contributed by atoms with Gasteiger partial charge in [0.1, 0.15) is 5.60 Å². The quantitative estimate of drug-likeness (QED) is 0.798. The molecular formula is C25H32N2O3. The van der Waals surface area contributed by atoms with E-state index in [1.165, 1.54) is 5.56 Å². The fourth-order valence-electron chi connectivity index (χ4n) is 4.85. The highest BCUT2D eigenvalue weighted by Gasteiger charge is 2.44. The number of benzene rings is 2. The maximum atomic E-state index is 12.8. The maximum Gasteiger partial charge on any atom is 0.227 e. The number of rotatable bonds is 5. The van der Waals surface area contributed by atoms with Crippen LogP contribution in [0.25, 0.3) is 0 Å². The number of likely N-dealkylation sites (tertiary alicyclic amines) is 2. The third kappa shape index (κ3) is 4.91. The minimum absolute atomic E-state index is 0.00862. The molecule has 2 fully saturated rings. The predicted octanol–water partition coefficient (Wildman–Crippen LogP) is 2.43. The molecule has 0 spiro atoms.